The highest BCUT2D eigenvalue weighted by Crippen LogP contribution is 2.35. The Morgan fingerprint density at radius 2 is 1.93 bits per heavy atom. The summed E-state index contributed by atoms with van der Waals surface area (Å²) in [6, 6.07) is 20.7. The third-order valence-corrected chi connectivity index (χ3v) is 7.26. The van der Waals surface area contributed by atoms with Gasteiger partial charge < -0.3 is 20.8 Å². The first-order valence-corrected chi connectivity index (χ1v) is 13.8. The van der Waals surface area contributed by atoms with Crippen molar-refractivity contribution >= 4 is 46.3 Å². The number of carbonyl (C=O) groups is 1. The molecule has 5 N–H and O–H groups in total. The Morgan fingerprint density at radius 3 is 2.71 bits per heavy atom. The number of halogens is 1. The van der Waals surface area contributed by atoms with Crippen molar-refractivity contribution in [2.45, 2.75) is 33.0 Å². The van der Waals surface area contributed by atoms with Crippen LogP contribution in [0.2, 0.25) is 5.02 Å². The quantitative estimate of drug-likeness (QED) is 0.191. The summed E-state index contributed by atoms with van der Waals surface area (Å²) < 4.78 is 7.67. The molecule has 11 heteroatoms. The molecule has 5 aromatic rings. The highest BCUT2D eigenvalue weighted by molar-refractivity contribution is 6.31. The second-order valence-corrected chi connectivity index (χ2v) is 10.5. The molecule has 1 aliphatic rings. The predicted molar refractivity (Wildman–Crippen MR) is 164 cm³/mol. The van der Waals surface area contributed by atoms with E-state index in [9.17, 15) is 4.79 Å². The molecule has 1 amide bonds. The maximum atomic E-state index is 13.6. The molecule has 10 nitrogen and oxygen atoms in total. The SMILES string of the molecule is CC1=C(C(=O)NCc2cnn(Cc3ccccc3)c2)C(c2ccc(C)cc2Cl)N=C(Nc2nc3cccc(N)c3o2)N1. The van der Waals surface area contributed by atoms with Crippen molar-refractivity contribution in [3.63, 3.8) is 0 Å². The number of nitrogens with zero attached hydrogens (tertiary/aromatic N) is 4. The van der Waals surface area contributed by atoms with Gasteiger partial charge in [0.2, 0.25) is 5.96 Å². The summed E-state index contributed by atoms with van der Waals surface area (Å²) in [5, 5.41) is 14.2. The number of nitrogen functional groups attached to an aromatic ring is 1. The number of carbonyl (C=O) groups excluding carboxylic acids is 1. The molecule has 0 aliphatic carbocycles. The fraction of sp³-hybridized carbons (Fsp3) is 0.161. The number of para-hydroxylation sites is 1. The number of benzene rings is 3. The van der Waals surface area contributed by atoms with Crippen molar-refractivity contribution in [2.75, 3.05) is 11.1 Å². The minimum atomic E-state index is -0.683. The van der Waals surface area contributed by atoms with Crippen LogP contribution in [0.1, 0.15) is 35.2 Å². The van der Waals surface area contributed by atoms with Gasteiger partial charge in [0.15, 0.2) is 5.58 Å². The van der Waals surface area contributed by atoms with Crippen LogP contribution >= 0.6 is 11.6 Å². The van der Waals surface area contributed by atoms with Crippen molar-refractivity contribution in [3.05, 3.63) is 118 Å². The third kappa shape index (κ3) is 5.70. The number of aliphatic imine (C=N–C) groups is 1. The van der Waals surface area contributed by atoms with E-state index < -0.39 is 6.04 Å². The molecule has 0 radical (unpaired) electrons. The minimum Gasteiger partial charge on any atom is -0.421 e. The van der Waals surface area contributed by atoms with Gasteiger partial charge in [0, 0.05) is 34.6 Å². The lowest BCUT2D eigenvalue weighted by Gasteiger charge is -2.27. The van der Waals surface area contributed by atoms with Gasteiger partial charge in [0.1, 0.15) is 11.6 Å². The average Bonchev–Trinajstić information content (AvgIpc) is 3.59. The van der Waals surface area contributed by atoms with E-state index in [0.717, 1.165) is 16.7 Å². The van der Waals surface area contributed by atoms with Crippen molar-refractivity contribution in [1.82, 2.24) is 25.4 Å². The molecule has 42 heavy (non-hydrogen) atoms. The summed E-state index contributed by atoms with van der Waals surface area (Å²) in [5.74, 6) is 0.0906. The molecule has 0 spiro atoms. The van der Waals surface area contributed by atoms with Gasteiger partial charge in [0.05, 0.1) is 24.0 Å². The number of amides is 1. The molecular weight excluding hydrogens is 552 g/mol. The topological polar surface area (TPSA) is 135 Å². The third-order valence-electron chi connectivity index (χ3n) is 6.93. The van der Waals surface area contributed by atoms with E-state index in [0.29, 0.717) is 57.7 Å². The number of nitrogens with one attached hydrogen (secondary N) is 3. The summed E-state index contributed by atoms with van der Waals surface area (Å²) in [6.45, 7) is 4.73. The van der Waals surface area contributed by atoms with Crippen LogP contribution in [0.3, 0.4) is 0 Å². The van der Waals surface area contributed by atoms with Crippen LogP contribution in [0.4, 0.5) is 11.7 Å². The number of rotatable bonds is 7. The Hall–Kier alpha value is -5.09. The van der Waals surface area contributed by atoms with Gasteiger partial charge in [0.25, 0.3) is 5.91 Å². The van der Waals surface area contributed by atoms with Gasteiger partial charge in [-0.1, -0.05) is 60.1 Å². The van der Waals surface area contributed by atoms with Gasteiger partial charge in [-0.15, -0.1) is 0 Å². The molecule has 0 saturated heterocycles. The summed E-state index contributed by atoms with van der Waals surface area (Å²) >= 11 is 6.68. The van der Waals surface area contributed by atoms with E-state index in [4.69, 9.17) is 26.7 Å². The van der Waals surface area contributed by atoms with Crippen LogP contribution in [0.5, 0.6) is 0 Å². The van der Waals surface area contributed by atoms with E-state index in [1.165, 1.54) is 0 Å². The van der Waals surface area contributed by atoms with Gasteiger partial charge >= 0.3 is 6.01 Å². The number of oxazole rings is 1. The average molecular weight is 581 g/mol. The van der Waals surface area contributed by atoms with Gasteiger partial charge in [-0.25, -0.2) is 4.99 Å². The molecular formula is C31H29ClN8O2. The molecule has 0 fully saturated rings. The second kappa shape index (κ2) is 11.4. The van der Waals surface area contributed by atoms with Gasteiger partial charge in [-0.05, 0) is 43.2 Å². The Morgan fingerprint density at radius 1 is 1.10 bits per heavy atom. The number of guanidine groups is 1. The van der Waals surface area contributed by atoms with E-state index in [1.54, 1.807) is 12.3 Å². The van der Waals surface area contributed by atoms with Gasteiger partial charge in [-0.2, -0.15) is 10.1 Å². The minimum absolute atomic E-state index is 0.219. The van der Waals surface area contributed by atoms with Crippen molar-refractivity contribution in [2.24, 2.45) is 4.99 Å². The Balaban J connectivity index is 1.23. The Bertz CT molecular complexity index is 1840. The molecule has 212 valence electrons. The molecule has 3 heterocycles. The molecule has 0 saturated carbocycles. The fourth-order valence-electron chi connectivity index (χ4n) is 4.87. The van der Waals surface area contributed by atoms with Crippen molar-refractivity contribution in [3.8, 4) is 0 Å². The molecule has 0 bridgehead atoms. The number of aromatic nitrogens is 3. The largest absolute Gasteiger partial charge is 0.421 e. The number of fused-ring (bicyclic) bond motifs is 1. The smallest absolute Gasteiger partial charge is 0.302 e. The molecule has 1 aliphatic heterocycles. The standard InChI is InChI=1S/C31H29ClN8O2/c1-18-11-12-22(23(32)13-18)27-26(29(41)34-14-21-15-35-40(17-21)16-20-7-4-3-5-8-20)19(2)36-30(38-27)39-31-37-25-10-6-9-24(33)28(25)42-31/h3-13,15,17,27H,14,16,33H2,1-2H3,(H,34,41)(H2,36,37,38,39). The van der Waals surface area contributed by atoms with Crippen LogP contribution in [-0.2, 0) is 17.9 Å². The number of hydrogen-bond donors (Lipinski definition) is 4. The molecule has 1 atom stereocenters. The number of allylic oxidation sites excluding steroid dienone is 1. The fourth-order valence-corrected chi connectivity index (χ4v) is 5.21. The highest BCUT2D eigenvalue weighted by Gasteiger charge is 2.31. The van der Waals surface area contributed by atoms with Crippen molar-refractivity contribution in [1.29, 1.82) is 0 Å². The van der Waals surface area contributed by atoms with E-state index in [2.05, 4.69) is 26.0 Å². The summed E-state index contributed by atoms with van der Waals surface area (Å²) in [6.07, 6.45) is 3.68. The summed E-state index contributed by atoms with van der Waals surface area (Å²) in [4.78, 5) is 22.9. The lowest BCUT2D eigenvalue weighted by molar-refractivity contribution is -0.118. The van der Waals surface area contributed by atoms with Crippen LogP contribution < -0.4 is 21.7 Å². The first kappa shape index (κ1) is 27.1. The number of nitrogens with two attached hydrogens (primary N) is 1. The Labute approximate surface area is 247 Å². The number of anilines is 2. The predicted octanol–water partition coefficient (Wildman–Crippen LogP) is 5.32. The van der Waals surface area contributed by atoms with Crippen LogP contribution in [-0.4, -0.2) is 26.6 Å². The molecule has 3 aromatic carbocycles. The normalized spacial score (nSPS) is 14.9. The van der Waals surface area contributed by atoms with E-state index in [-0.39, 0.29) is 11.9 Å². The highest BCUT2D eigenvalue weighted by atomic mass is 35.5. The van der Waals surface area contributed by atoms with Crippen LogP contribution in [0.25, 0.3) is 11.1 Å². The maximum Gasteiger partial charge on any atom is 0.302 e. The first-order chi connectivity index (χ1) is 20.3. The van der Waals surface area contributed by atoms with Crippen LogP contribution in [0, 0.1) is 6.92 Å². The molecule has 2 aromatic heterocycles. The summed E-state index contributed by atoms with van der Waals surface area (Å²) in [5.41, 5.74) is 12.4. The van der Waals surface area contributed by atoms with Gasteiger partial charge in [-0.3, -0.25) is 14.8 Å². The molecule has 6 rings (SSSR count). The Kier molecular flexibility index (Phi) is 7.37. The zero-order chi connectivity index (χ0) is 29.2. The number of aryl methyl sites for hydroxylation is 1. The van der Waals surface area contributed by atoms with Crippen LogP contribution in [0.15, 0.2) is 99.8 Å². The van der Waals surface area contributed by atoms with E-state index >= 15 is 0 Å². The number of hydrogen-bond acceptors (Lipinski definition) is 8. The van der Waals surface area contributed by atoms with Crippen molar-refractivity contribution < 1.29 is 9.21 Å². The first-order valence-electron chi connectivity index (χ1n) is 13.4. The maximum absolute atomic E-state index is 13.6. The molecule has 1 unspecified atom stereocenters. The lowest BCUT2D eigenvalue weighted by Crippen LogP contribution is -2.39. The summed E-state index contributed by atoms with van der Waals surface area (Å²) in [7, 11) is 0. The zero-order valence-corrected chi connectivity index (χ0v) is 23.8. The van der Waals surface area contributed by atoms with E-state index in [1.807, 2.05) is 85.4 Å². The zero-order valence-electron chi connectivity index (χ0n) is 23.1. The lowest BCUT2D eigenvalue weighted by atomic mass is 9.95. The monoisotopic (exact) mass is 580 g/mol. The second-order valence-electron chi connectivity index (χ2n) is 10.1.